The third kappa shape index (κ3) is 4.47. The Kier molecular flexibility index (Phi) is 5.34. The summed E-state index contributed by atoms with van der Waals surface area (Å²) in [5.74, 6) is 1.02. The first-order valence-electron chi connectivity index (χ1n) is 7.96. The summed E-state index contributed by atoms with van der Waals surface area (Å²) >= 11 is 0. The van der Waals surface area contributed by atoms with Gasteiger partial charge in [-0.15, -0.1) is 0 Å². The molecule has 8 heteroatoms. The lowest BCUT2D eigenvalue weighted by molar-refractivity contribution is 0.375. The van der Waals surface area contributed by atoms with Crippen LogP contribution >= 0.6 is 0 Å². The van der Waals surface area contributed by atoms with Gasteiger partial charge in [0.15, 0.2) is 0 Å². The van der Waals surface area contributed by atoms with E-state index in [1.54, 1.807) is 25.3 Å². The maximum Gasteiger partial charge on any atom is 0.242 e. The summed E-state index contributed by atoms with van der Waals surface area (Å²) in [6.07, 6.45) is 0. The Hall–Kier alpha value is -2.71. The number of nitrogens with zero attached hydrogens (tertiary/aromatic N) is 2. The van der Waals surface area contributed by atoms with Gasteiger partial charge in [-0.05, 0) is 24.6 Å². The zero-order valence-electron chi connectivity index (χ0n) is 14.5. The molecule has 0 aliphatic rings. The van der Waals surface area contributed by atoms with E-state index in [4.69, 9.17) is 9.26 Å². The molecule has 0 radical (unpaired) electrons. The quantitative estimate of drug-likeness (QED) is 0.684. The highest BCUT2D eigenvalue weighted by Crippen LogP contribution is 2.27. The normalized spacial score (nSPS) is 11.5. The van der Waals surface area contributed by atoms with E-state index in [1.165, 1.54) is 0 Å². The molecule has 26 heavy (non-hydrogen) atoms. The van der Waals surface area contributed by atoms with Gasteiger partial charge in [-0.1, -0.05) is 47.1 Å². The average molecular weight is 373 g/mol. The molecule has 3 rings (SSSR count). The fourth-order valence-electron chi connectivity index (χ4n) is 2.51. The van der Waals surface area contributed by atoms with Crippen molar-refractivity contribution in [3.63, 3.8) is 0 Å². The van der Waals surface area contributed by atoms with Crippen LogP contribution in [0.5, 0.6) is 5.75 Å². The molecule has 3 aromatic rings. The van der Waals surface area contributed by atoms with Gasteiger partial charge in [0.05, 0.1) is 25.0 Å². The Morgan fingerprint density at radius 2 is 1.96 bits per heavy atom. The summed E-state index contributed by atoms with van der Waals surface area (Å²) in [4.78, 5) is 4.23. The summed E-state index contributed by atoms with van der Waals surface area (Å²) in [7, 11) is -1.97. The van der Waals surface area contributed by atoms with Crippen LogP contribution in [0.15, 0.2) is 53.1 Å². The lowest BCUT2D eigenvalue weighted by Gasteiger charge is -2.05. The number of sulfonamides is 1. The van der Waals surface area contributed by atoms with Gasteiger partial charge in [-0.25, -0.2) is 13.1 Å². The molecule has 1 N–H and O–H groups in total. The lowest BCUT2D eigenvalue weighted by atomic mass is 10.2. The van der Waals surface area contributed by atoms with Crippen molar-refractivity contribution in [1.29, 1.82) is 0 Å². The Morgan fingerprint density at radius 1 is 1.15 bits per heavy atom. The Labute approximate surface area is 152 Å². The van der Waals surface area contributed by atoms with Crippen LogP contribution < -0.4 is 9.46 Å². The summed E-state index contributed by atoms with van der Waals surface area (Å²) in [6.45, 7) is 1.84. The zero-order chi connectivity index (χ0) is 18.6. The summed E-state index contributed by atoms with van der Waals surface area (Å²) < 4.78 is 37.4. The first kappa shape index (κ1) is 18.1. The number of para-hydroxylation sites is 1. The highest BCUT2D eigenvalue weighted by molar-refractivity contribution is 7.88. The molecule has 0 spiro atoms. The minimum Gasteiger partial charge on any atom is -0.496 e. The van der Waals surface area contributed by atoms with E-state index in [9.17, 15) is 8.42 Å². The number of aromatic nitrogens is 2. The van der Waals surface area contributed by atoms with Crippen molar-refractivity contribution in [2.75, 3.05) is 7.11 Å². The van der Waals surface area contributed by atoms with Gasteiger partial charge in [0.2, 0.25) is 21.7 Å². The van der Waals surface area contributed by atoms with E-state index in [0.29, 0.717) is 17.1 Å². The number of hydrogen-bond donors (Lipinski definition) is 1. The molecule has 0 saturated carbocycles. The monoisotopic (exact) mass is 373 g/mol. The largest absolute Gasteiger partial charge is 0.496 e. The summed E-state index contributed by atoms with van der Waals surface area (Å²) in [6, 6.07) is 14.6. The number of ether oxygens (including phenoxy) is 1. The van der Waals surface area contributed by atoms with Gasteiger partial charge in [-0.3, -0.25) is 0 Å². The molecular weight excluding hydrogens is 354 g/mol. The molecule has 0 fully saturated rings. The Morgan fingerprint density at radius 3 is 2.73 bits per heavy atom. The first-order valence-corrected chi connectivity index (χ1v) is 9.61. The number of benzene rings is 2. The van der Waals surface area contributed by atoms with Gasteiger partial charge >= 0.3 is 0 Å². The van der Waals surface area contributed by atoms with Crippen LogP contribution in [0.25, 0.3) is 11.4 Å². The zero-order valence-corrected chi connectivity index (χ0v) is 15.3. The SMILES string of the molecule is COc1ccccc1-c1noc(CNS(=O)(=O)Cc2cccc(C)c2)n1. The van der Waals surface area contributed by atoms with Gasteiger partial charge in [0.1, 0.15) is 5.75 Å². The molecule has 0 aliphatic carbocycles. The third-order valence-electron chi connectivity index (χ3n) is 3.70. The Bertz CT molecular complexity index is 999. The van der Waals surface area contributed by atoms with Crippen LogP contribution in [-0.2, 0) is 22.3 Å². The van der Waals surface area contributed by atoms with Crippen LogP contribution in [0.4, 0.5) is 0 Å². The predicted octanol–water partition coefficient (Wildman–Crippen LogP) is 2.67. The second-order valence-electron chi connectivity index (χ2n) is 5.78. The third-order valence-corrected chi connectivity index (χ3v) is 5.00. The smallest absolute Gasteiger partial charge is 0.242 e. The number of rotatable bonds is 7. The summed E-state index contributed by atoms with van der Waals surface area (Å²) in [5, 5.41) is 3.89. The van der Waals surface area contributed by atoms with Crippen molar-refractivity contribution in [3.8, 4) is 17.1 Å². The van der Waals surface area contributed by atoms with Crippen molar-refractivity contribution >= 4 is 10.0 Å². The molecule has 2 aromatic carbocycles. The van der Waals surface area contributed by atoms with Gasteiger partial charge in [0, 0.05) is 0 Å². The van der Waals surface area contributed by atoms with E-state index >= 15 is 0 Å². The number of aryl methyl sites for hydroxylation is 1. The van der Waals surface area contributed by atoms with E-state index < -0.39 is 10.0 Å². The number of methoxy groups -OCH3 is 1. The second kappa shape index (κ2) is 7.67. The molecule has 136 valence electrons. The minimum absolute atomic E-state index is 0.0731. The molecule has 0 atom stereocenters. The van der Waals surface area contributed by atoms with Crippen molar-refractivity contribution in [3.05, 3.63) is 65.5 Å². The van der Waals surface area contributed by atoms with Gasteiger partial charge in [0.25, 0.3) is 0 Å². The fourth-order valence-corrected chi connectivity index (χ4v) is 3.57. The van der Waals surface area contributed by atoms with E-state index in [0.717, 1.165) is 11.1 Å². The lowest BCUT2D eigenvalue weighted by Crippen LogP contribution is -2.24. The molecule has 0 unspecified atom stereocenters. The molecule has 1 heterocycles. The van der Waals surface area contributed by atoms with Crippen LogP contribution in [-0.4, -0.2) is 25.7 Å². The minimum atomic E-state index is -3.52. The average Bonchev–Trinajstić information content (AvgIpc) is 3.08. The number of nitrogens with one attached hydrogen (secondary N) is 1. The van der Waals surface area contributed by atoms with Crippen molar-refractivity contribution < 1.29 is 17.7 Å². The van der Waals surface area contributed by atoms with Gasteiger partial charge in [-0.2, -0.15) is 4.98 Å². The molecule has 0 amide bonds. The second-order valence-corrected chi connectivity index (χ2v) is 7.59. The summed E-state index contributed by atoms with van der Waals surface area (Å²) in [5.41, 5.74) is 2.40. The highest BCUT2D eigenvalue weighted by atomic mass is 32.2. The molecule has 7 nitrogen and oxygen atoms in total. The van der Waals surface area contributed by atoms with Crippen LogP contribution in [0.1, 0.15) is 17.0 Å². The predicted molar refractivity (Wildman–Crippen MR) is 96.9 cm³/mol. The van der Waals surface area contributed by atoms with Crippen molar-refractivity contribution in [2.24, 2.45) is 0 Å². The molecule has 0 saturated heterocycles. The molecule has 1 aromatic heterocycles. The Balaban J connectivity index is 1.68. The first-order chi connectivity index (χ1) is 12.5. The van der Waals surface area contributed by atoms with Crippen molar-refractivity contribution in [2.45, 2.75) is 19.2 Å². The van der Waals surface area contributed by atoms with Gasteiger partial charge < -0.3 is 9.26 Å². The molecule has 0 bridgehead atoms. The maximum atomic E-state index is 12.2. The maximum absolute atomic E-state index is 12.2. The van der Waals surface area contributed by atoms with E-state index in [-0.39, 0.29) is 18.2 Å². The topological polar surface area (TPSA) is 94.3 Å². The number of hydrogen-bond acceptors (Lipinski definition) is 6. The highest BCUT2D eigenvalue weighted by Gasteiger charge is 2.16. The van der Waals surface area contributed by atoms with Crippen molar-refractivity contribution in [1.82, 2.24) is 14.9 Å². The fraction of sp³-hybridized carbons (Fsp3) is 0.222. The van der Waals surface area contributed by atoms with Crippen LogP contribution in [0.3, 0.4) is 0 Å². The molecular formula is C18H19N3O4S. The molecule has 0 aliphatic heterocycles. The van der Waals surface area contributed by atoms with Crippen LogP contribution in [0, 0.1) is 6.92 Å². The van der Waals surface area contributed by atoms with E-state index in [1.807, 2.05) is 37.3 Å². The standard InChI is InChI=1S/C18H19N3O4S/c1-13-6-5-7-14(10-13)12-26(22,23)19-11-17-20-18(21-25-17)15-8-3-4-9-16(15)24-2/h3-10,19H,11-12H2,1-2H3. The van der Waals surface area contributed by atoms with Crippen LogP contribution in [0.2, 0.25) is 0 Å². The van der Waals surface area contributed by atoms with E-state index in [2.05, 4.69) is 14.9 Å².